The van der Waals surface area contributed by atoms with Crippen molar-refractivity contribution in [1.29, 1.82) is 0 Å². The van der Waals surface area contributed by atoms with Gasteiger partial charge in [0.25, 0.3) is 0 Å². The molecule has 0 saturated carbocycles. The Morgan fingerprint density at radius 1 is 1.18 bits per heavy atom. The van der Waals surface area contributed by atoms with Gasteiger partial charge in [-0.3, -0.25) is 4.90 Å². The lowest BCUT2D eigenvalue weighted by Gasteiger charge is -2.32. The van der Waals surface area contributed by atoms with Gasteiger partial charge in [0.1, 0.15) is 0 Å². The Morgan fingerprint density at radius 2 is 2.05 bits per heavy atom. The van der Waals surface area contributed by atoms with Crippen LogP contribution in [0.3, 0.4) is 0 Å². The number of piperidine rings is 1. The van der Waals surface area contributed by atoms with Gasteiger partial charge in [0.15, 0.2) is 5.82 Å². The van der Waals surface area contributed by atoms with E-state index in [0.29, 0.717) is 6.04 Å². The van der Waals surface area contributed by atoms with Gasteiger partial charge in [-0.25, -0.2) is 0 Å². The summed E-state index contributed by atoms with van der Waals surface area (Å²) < 4.78 is 5.54. The van der Waals surface area contributed by atoms with E-state index in [0.717, 1.165) is 50.5 Å². The Labute approximate surface area is 132 Å². The predicted octanol–water partition coefficient (Wildman–Crippen LogP) is 3.79. The topological polar surface area (TPSA) is 42.2 Å². The van der Waals surface area contributed by atoms with Crippen molar-refractivity contribution >= 4 is 0 Å². The molecule has 4 heteroatoms. The highest BCUT2D eigenvalue weighted by atomic mass is 16.5. The summed E-state index contributed by atoms with van der Waals surface area (Å²) >= 11 is 0. The highest BCUT2D eigenvalue weighted by Gasteiger charge is 2.27. The summed E-state index contributed by atoms with van der Waals surface area (Å²) in [6.07, 6.45) is 6.69. The molecule has 2 heterocycles. The molecule has 0 amide bonds. The van der Waals surface area contributed by atoms with Crippen molar-refractivity contribution in [3.8, 4) is 0 Å². The van der Waals surface area contributed by atoms with Gasteiger partial charge in [-0.15, -0.1) is 0 Å². The zero-order valence-electron chi connectivity index (χ0n) is 13.4. The summed E-state index contributed by atoms with van der Waals surface area (Å²) in [6, 6.07) is 10.9. The predicted molar refractivity (Wildman–Crippen MR) is 86.6 cm³/mol. The van der Waals surface area contributed by atoms with Crippen LogP contribution in [-0.4, -0.2) is 28.1 Å². The first kappa shape index (κ1) is 15.2. The second kappa shape index (κ2) is 7.54. The van der Waals surface area contributed by atoms with Crippen molar-refractivity contribution in [2.24, 2.45) is 0 Å². The maximum Gasteiger partial charge on any atom is 0.243 e. The quantitative estimate of drug-likeness (QED) is 0.814. The van der Waals surface area contributed by atoms with Gasteiger partial charge in [-0.2, -0.15) is 4.98 Å². The summed E-state index contributed by atoms with van der Waals surface area (Å²) in [4.78, 5) is 7.09. The SMILES string of the molecule is CCN1CCCCC1c1nc(CCCc2ccccc2)no1. The van der Waals surface area contributed by atoms with E-state index >= 15 is 0 Å². The van der Waals surface area contributed by atoms with Gasteiger partial charge in [-0.1, -0.05) is 48.8 Å². The van der Waals surface area contributed by atoms with Crippen LogP contribution in [-0.2, 0) is 12.8 Å². The molecular formula is C18H25N3O. The van der Waals surface area contributed by atoms with Crippen LogP contribution in [0, 0.1) is 0 Å². The number of hydrogen-bond donors (Lipinski definition) is 0. The second-order valence-electron chi connectivity index (χ2n) is 6.03. The lowest BCUT2D eigenvalue weighted by Crippen LogP contribution is -2.33. The second-order valence-corrected chi connectivity index (χ2v) is 6.03. The Hall–Kier alpha value is -1.68. The first-order chi connectivity index (χ1) is 10.9. The summed E-state index contributed by atoms with van der Waals surface area (Å²) in [7, 11) is 0. The Kier molecular flexibility index (Phi) is 5.22. The number of rotatable bonds is 6. The zero-order chi connectivity index (χ0) is 15.2. The van der Waals surface area contributed by atoms with Crippen LogP contribution in [0.1, 0.15) is 55.9 Å². The highest BCUT2D eigenvalue weighted by molar-refractivity contribution is 5.14. The summed E-state index contributed by atoms with van der Waals surface area (Å²) in [5.74, 6) is 1.67. The highest BCUT2D eigenvalue weighted by Crippen LogP contribution is 2.29. The van der Waals surface area contributed by atoms with Crippen molar-refractivity contribution in [2.75, 3.05) is 13.1 Å². The van der Waals surface area contributed by atoms with Gasteiger partial charge in [0.05, 0.1) is 6.04 Å². The van der Waals surface area contributed by atoms with Crippen LogP contribution in [0.4, 0.5) is 0 Å². The molecule has 4 nitrogen and oxygen atoms in total. The molecule has 2 aromatic rings. The van der Waals surface area contributed by atoms with Crippen LogP contribution in [0.25, 0.3) is 0 Å². The van der Waals surface area contributed by atoms with Crippen molar-refractivity contribution in [3.05, 3.63) is 47.6 Å². The molecule has 1 aliphatic rings. The van der Waals surface area contributed by atoms with E-state index in [9.17, 15) is 0 Å². The lowest BCUT2D eigenvalue weighted by molar-refractivity contribution is 0.125. The van der Waals surface area contributed by atoms with Gasteiger partial charge >= 0.3 is 0 Å². The van der Waals surface area contributed by atoms with E-state index in [-0.39, 0.29) is 0 Å². The molecule has 1 aromatic carbocycles. The first-order valence-corrected chi connectivity index (χ1v) is 8.47. The fraction of sp³-hybridized carbons (Fsp3) is 0.556. The molecule has 1 aromatic heterocycles. The largest absolute Gasteiger partial charge is 0.338 e. The molecular weight excluding hydrogens is 274 g/mol. The molecule has 0 aliphatic carbocycles. The number of aryl methyl sites for hydroxylation is 2. The van der Waals surface area contributed by atoms with Crippen molar-refractivity contribution in [1.82, 2.24) is 15.0 Å². The van der Waals surface area contributed by atoms with Crippen molar-refractivity contribution in [2.45, 2.75) is 51.5 Å². The average molecular weight is 299 g/mol. The van der Waals surface area contributed by atoms with E-state index in [1.165, 1.54) is 18.4 Å². The molecule has 0 spiro atoms. The molecule has 118 valence electrons. The Bertz CT molecular complexity index is 567. The third-order valence-electron chi connectivity index (χ3n) is 4.50. The van der Waals surface area contributed by atoms with Crippen LogP contribution < -0.4 is 0 Å². The lowest BCUT2D eigenvalue weighted by atomic mass is 10.0. The number of likely N-dealkylation sites (tertiary alicyclic amines) is 1. The summed E-state index contributed by atoms with van der Waals surface area (Å²) in [5, 5.41) is 4.18. The third kappa shape index (κ3) is 3.74. The number of hydrogen-bond acceptors (Lipinski definition) is 4. The number of nitrogens with zero attached hydrogens (tertiary/aromatic N) is 3. The third-order valence-corrected chi connectivity index (χ3v) is 4.50. The minimum Gasteiger partial charge on any atom is -0.338 e. The normalized spacial score (nSPS) is 19.4. The van der Waals surface area contributed by atoms with Gasteiger partial charge in [-0.05, 0) is 44.3 Å². The molecule has 22 heavy (non-hydrogen) atoms. The van der Waals surface area contributed by atoms with Crippen LogP contribution in [0.2, 0.25) is 0 Å². The van der Waals surface area contributed by atoms with E-state index in [2.05, 4.69) is 52.3 Å². The average Bonchev–Trinajstić information content (AvgIpc) is 3.04. The molecule has 0 N–H and O–H groups in total. The Balaban J connectivity index is 1.54. The fourth-order valence-electron chi connectivity index (χ4n) is 3.25. The van der Waals surface area contributed by atoms with E-state index in [4.69, 9.17) is 4.52 Å². The van der Waals surface area contributed by atoms with Gasteiger partial charge in [0.2, 0.25) is 5.89 Å². The van der Waals surface area contributed by atoms with Gasteiger partial charge < -0.3 is 4.52 Å². The maximum absolute atomic E-state index is 5.54. The maximum atomic E-state index is 5.54. The van der Waals surface area contributed by atoms with E-state index in [1.807, 2.05) is 0 Å². The standard InChI is InChI=1S/C18H25N3O/c1-2-21-14-7-6-12-16(21)18-19-17(20-22-18)13-8-11-15-9-4-3-5-10-15/h3-5,9-10,16H,2,6-8,11-14H2,1H3. The molecule has 1 fully saturated rings. The smallest absolute Gasteiger partial charge is 0.243 e. The van der Waals surface area contributed by atoms with Crippen LogP contribution in [0.15, 0.2) is 34.9 Å². The fourth-order valence-corrected chi connectivity index (χ4v) is 3.25. The van der Waals surface area contributed by atoms with E-state index < -0.39 is 0 Å². The van der Waals surface area contributed by atoms with Crippen LogP contribution >= 0.6 is 0 Å². The molecule has 1 atom stereocenters. The molecule has 0 radical (unpaired) electrons. The number of aromatic nitrogens is 2. The molecule has 0 bridgehead atoms. The van der Waals surface area contributed by atoms with Crippen molar-refractivity contribution < 1.29 is 4.52 Å². The Morgan fingerprint density at radius 3 is 2.86 bits per heavy atom. The molecule has 1 aliphatic heterocycles. The van der Waals surface area contributed by atoms with Crippen LogP contribution in [0.5, 0.6) is 0 Å². The zero-order valence-corrected chi connectivity index (χ0v) is 13.4. The summed E-state index contributed by atoms with van der Waals surface area (Å²) in [6.45, 7) is 4.40. The van der Waals surface area contributed by atoms with Crippen molar-refractivity contribution in [3.63, 3.8) is 0 Å². The molecule has 1 saturated heterocycles. The minimum atomic E-state index is 0.328. The minimum absolute atomic E-state index is 0.328. The first-order valence-electron chi connectivity index (χ1n) is 8.47. The monoisotopic (exact) mass is 299 g/mol. The summed E-state index contributed by atoms with van der Waals surface area (Å²) in [5.41, 5.74) is 1.37. The molecule has 3 rings (SSSR count). The van der Waals surface area contributed by atoms with Gasteiger partial charge in [0, 0.05) is 6.42 Å². The van der Waals surface area contributed by atoms with E-state index in [1.54, 1.807) is 0 Å². The number of benzene rings is 1. The molecule has 1 unspecified atom stereocenters.